The van der Waals surface area contributed by atoms with Gasteiger partial charge in [0.2, 0.25) is 0 Å². The number of carbonyl (C=O) groups excluding carboxylic acids is 1. The minimum atomic E-state index is -0.350. The molecule has 3 rings (SSSR count). The number of rotatable bonds is 5. The molecule has 1 atom stereocenters. The molecule has 0 saturated carbocycles. The maximum absolute atomic E-state index is 12.2. The van der Waals surface area contributed by atoms with E-state index in [0.29, 0.717) is 17.0 Å². The van der Waals surface area contributed by atoms with Crippen LogP contribution in [0.3, 0.4) is 0 Å². The van der Waals surface area contributed by atoms with Crippen molar-refractivity contribution in [3.05, 3.63) is 70.9 Å². The maximum Gasteiger partial charge on any atom is 0.251 e. The van der Waals surface area contributed by atoms with Crippen molar-refractivity contribution in [1.29, 1.82) is 0 Å². The molecule has 1 amide bonds. The first-order valence-electron chi connectivity index (χ1n) is 7.39. The molecule has 1 unspecified atom stereocenters. The molecule has 0 bridgehead atoms. The van der Waals surface area contributed by atoms with E-state index in [1.165, 1.54) is 0 Å². The Kier molecular flexibility index (Phi) is 4.65. The van der Waals surface area contributed by atoms with E-state index in [4.69, 9.17) is 11.6 Å². The first kappa shape index (κ1) is 15.6. The number of carbonyl (C=O) groups is 1. The highest BCUT2D eigenvalue weighted by atomic mass is 35.5. The molecule has 4 nitrogen and oxygen atoms in total. The minimum Gasteiger partial charge on any atom is -0.394 e. The van der Waals surface area contributed by atoms with E-state index in [0.717, 1.165) is 16.5 Å². The maximum atomic E-state index is 12.2. The molecule has 118 valence electrons. The Morgan fingerprint density at radius 2 is 1.91 bits per heavy atom. The lowest BCUT2D eigenvalue weighted by Gasteiger charge is -2.16. The number of para-hydroxylation sites is 1. The van der Waals surface area contributed by atoms with Crippen LogP contribution in [-0.2, 0) is 6.42 Å². The van der Waals surface area contributed by atoms with Crippen LogP contribution in [0.5, 0.6) is 0 Å². The Balaban J connectivity index is 1.72. The second kappa shape index (κ2) is 6.86. The van der Waals surface area contributed by atoms with Gasteiger partial charge in [-0.3, -0.25) is 4.79 Å². The highest BCUT2D eigenvalue weighted by Gasteiger charge is 2.15. The van der Waals surface area contributed by atoms with E-state index in [1.807, 2.05) is 30.5 Å². The summed E-state index contributed by atoms with van der Waals surface area (Å²) < 4.78 is 0. The van der Waals surface area contributed by atoms with Crippen molar-refractivity contribution in [1.82, 2.24) is 10.3 Å². The highest BCUT2D eigenvalue weighted by molar-refractivity contribution is 6.30. The van der Waals surface area contributed by atoms with Gasteiger partial charge in [0.25, 0.3) is 5.91 Å². The van der Waals surface area contributed by atoms with Gasteiger partial charge < -0.3 is 15.4 Å². The Bertz CT molecular complexity index is 811. The quantitative estimate of drug-likeness (QED) is 0.673. The van der Waals surface area contributed by atoms with Gasteiger partial charge in [0, 0.05) is 27.7 Å². The summed E-state index contributed by atoms with van der Waals surface area (Å²) in [7, 11) is 0. The van der Waals surface area contributed by atoms with Gasteiger partial charge in [-0.25, -0.2) is 0 Å². The SMILES string of the molecule is O=C(NC(CO)Cc1c[nH]c2ccccc12)c1ccc(Cl)cc1. The zero-order chi connectivity index (χ0) is 16.2. The summed E-state index contributed by atoms with van der Waals surface area (Å²) in [5.41, 5.74) is 2.63. The fourth-order valence-electron chi connectivity index (χ4n) is 2.60. The van der Waals surface area contributed by atoms with Crippen LogP contribution in [0.4, 0.5) is 0 Å². The van der Waals surface area contributed by atoms with Crippen molar-refractivity contribution >= 4 is 28.4 Å². The number of fused-ring (bicyclic) bond motifs is 1. The molecular weight excluding hydrogens is 312 g/mol. The van der Waals surface area contributed by atoms with Gasteiger partial charge in [-0.05, 0) is 42.3 Å². The highest BCUT2D eigenvalue weighted by Crippen LogP contribution is 2.19. The van der Waals surface area contributed by atoms with Crippen LogP contribution in [0.15, 0.2) is 54.7 Å². The Morgan fingerprint density at radius 1 is 1.17 bits per heavy atom. The molecule has 0 spiro atoms. The predicted molar refractivity (Wildman–Crippen MR) is 91.8 cm³/mol. The second-order valence-electron chi connectivity index (χ2n) is 5.42. The summed E-state index contributed by atoms with van der Waals surface area (Å²) in [6.45, 7) is -0.126. The average molecular weight is 329 g/mol. The normalized spacial score (nSPS) is 12.3. The van der Waals surface area contributed by atoms with Crippen molar-refractivity contribution in [2.24, 2.45) is 0 Å². The molecule has 0 radical (unpaired) electrons. The number of benzene rings is 2. The molecule has 0 aliphatic heterocycles. The molecule has 1 aromatic heterocycles. The fraction of sp³-hybridized carbons (Fsp3) is 0.167. The van der Waals surface area contributed by atoms with Crippen molar-refractivity contribution in [2.75, 3.05) is 6.61 Å². The van der Waals surface area contributed by atoms with Crippen LogP contribution in [0.1, 0.15) is 15.9 Å². The Morgan fingerprint density at radius 3 is 2.65 bits per heavy atom. The largest absolute Gasteiger partial charge is 0.394 e. The molecule has 0 aliphatic carbocycles. The Hall–Kier alpha value is -2.30. The fourth-order valence-corrected chi connectivity index (χ4v) is 2.72. The molecule has 0 saturated heterocycles. The van der Waals surface area contributed by atoms with Gasteiger partial charge in [-0.1, -0.05) is 29.8 Å². The summed E-state index contributed by atoms with van der Waals surface area (Å²) in [4.78, 5) is 15.4. The number of aliphatic hydroxyl groups excluding tert-OH is 1. The first-order valence-corrected chi connectivity index (χ1v) is 7.77. The number of amides is 1. The molecule has 1 heterocycles. The van der Waals surface area contributed by atoms with E-state index < -0.39 is 0 Å². The van der Waals surface area contributed by atoms with E-state index in [9.17, 15) is 9.90 Å². The molecule has 3 aromatic rings. The van der Waals surface area contributed by atoms with Crippen molar-refractivity contribution in [2.45, 2.75) is 12.5 Å². The smallest absolute Gasteiger partial charge is 0.251 e. The number of hydrogen-bond acceptors (Lipinski definition) is 2. The first-order chi connectivity index (χ1) is 11.2. The summed E-state index contributed by atoms with van der Waals surface area (Å²) in [6.07, 6.45) is 2.47. The summed E-state index contributed by atoms with van der Waals surface area (Å²) in [5, 5.41) is 14.1. The van der Waals surface area contributed by atoms with E-state index in [-0.39, 0.29) is 18.6 Å². The second-order valence-corrected chi connectivity index (χ2v) is 5.86. The monoisotopic (exact) mass is 328 g/mol. The van der Waals surface area contributed by atoms with Gasteiger partial charge in [-0.2, -0.15) is 0 Å². The number of H-pyrrole nitrogens is 1. The third-order valence-electron chi connectivity index (χ3n) is 3.80. The Labute approximate surface area is 139 Å². The van der Waals surface area contributed by atoms with E-state index in [2.05, 4.69) is 10.3 Å². The van der Waals surface area contributed by atoms with Crippen LogP contribution < -0.4 is 5.32 Å². The molecule has 23 heavy (non-hydrogen) atoms. The van der Waals surface area contributed by atoms with E-state index in [1.54, 1.807) is 24.3 Å². The molecule has 3 N–H and O–H groups in total. The molecule has 0 fully saturated rings. The third kappa shape index (κ3) is 3.55. The zero-order valence-electron chi connectivity index (χ0n) is 12.4. The van der Waals surface area contributed by atoms with Gasteiger partial charge in [0.05, 0.1) is 12.6 Å². The lowest BCUT2D eigenvalue weighted by molar-refractivity contribution is 0.0916. The number of aromatic nitrogens is 1. The van der Waals surface area contributed by atoms with Crippen LogP contribution >= 0.6 is 11.6 Å². The third-order valence-corrected chi connectivity index (χ3v) is 4.06. The number of nitrogens with one attached hydrogen (secondary N) is 2. The predicted octanol–water partition coefficient (Wildman–Crippen LogP) is 3.15. The number of halogens is 1. The summed E-state index contributed by atoms with van der Waals surface area (Å²) in [5.74, 6) is -0.222. The number of hydrogen-bond donors (Lipinski definition) is 3. The lowest BCUT2D eigenvalue weighted by Crippen LogP contribution is -2.39. The number of aromatic amines is 1. The molecule has 2 aromatic carbocycles. The van der Waals surface area contributed by atoms with Crippen LogP contribution in [-0.4, -0.2) is 28.6 Å². The topological polar surface area (TPSA) is 65.1 Å². The van der Waals surface area contributed by atoms with E-state index >= 15 is 0 Å². The standard InChI is InChI=1S/C18H17ClN2O2/c19-14-7-5-12(6-8-14)18(23)21-15(11-22)9-13-10-20-17-4-2-1-3-16(13)17/h1-8,10,15,20,22H,9,11H2,(H,21,23). The lowest BCUT2D eigenvalue weighted by atomic mass is 10.0. The van der Waals surface area contributed by atoms with Gasteiger partial charge in [-0.15, -0.1) is 0 Å². The van der Waals surface area contributed by atoms with Crippen molar-refractivity contribution in [3.63, 3.8) is 0 Å². The van der Waals surface area contributed by atoms with Gasteiger partial charge in [0.15, 0.2) is 0 Å². The summed E-state index contributed by atoms with van der Waals surface area (Å²) in [6, 6.07) is 14.3. The zero-order valence-corrected chi connectivity index (χ0v) is 13.2. The number of aliphatic hydroxyl groups is 1. The van der Waals surface area contributed by atoms with Crippen LogP contribution in [0.2, 0.25) is 5.02 Å². The molecular formula is C18H17ClN2O2. The van der Waals surface area contributed by atoms with Crippen molar-refractivity contribution < 1.29 is 9.90 Å². The van der Waals surface area contributed by atoms with Crippen LogP contribution in [0.25, 0.3) is 10.9 Å². The molecule has 5 heteroatoms. The van der Waals surface area contributed by atoms with Crippen molar-refractivity contribution in [3.8, 4) is 0 Å². The van der Waals surface area contributed by atoms with Crippen LogP contribution in [0, 0.1) is 0 Å². The average Bonchev–Trinajstić information content (AvgIpc) is 2.98. The van der Waals surface area contributed by atoms with Gasteiger partial charge in [0.1, 0.15) is 0 Å². The minimum absolute atomic E-state index is 0.126. The molecule has 0 aliphatic rings. The summed E-state index contributed by atoms with van der Waals surface area (Å²) >= 11 is 5.82. The van der Waals surface area contributed by atoms with Gasteiger partial charge >= 0.3 is 0 Å².